The molecule has 0 saturated carbocycles. The molecule has 4 rings (SSSR count). The molecule has 4 heterocycles. The minimum absolute atomic E-state index is 0.00124. The summed E-state index contributed by atoms with van der Waals surface area (Å²) in [7, 11) is -3.20. The fourth-order valence-corrected chi connectivity index (χ4v) is 5.63. The maximum absolute atomic E-state index is 12.9. The van der Waals surface area contributed by atoms with Crippen molar-refractivity contribution < 1.29 is 13.2 Å². The van der Waals surface area contributed by atoms with Gasteiger partial charge in [-0.05, 0) is 30.7 Å². The number of rotatable bonds is 4. The van der Waals surface area contributed by atoms with Crippen LogP contribution in [0.3, 0.4) is 0 Å². The Morgan fingerprint density at radius 3 is 2.66 bits per heavy atom. The van der Waals surface area contributed by atoms with E-state index < -0.39 is 10.0 Å². The molecular formula is C19H24N4O4S2. The molecule has 0 spiro atoms. The van der Waals surface area contributed by atoms with Crippen molar-refractivity contribution in [2.24, 2.45) is 5.92 Å². The third kappa shape index (κ3) is 4.44. The number of sulfonamides is 1. The van der Waals surface area contributed by atoms with Gasteiger partial charge in [0.15, 0.2) is 0 Å². The molecule has 8 nitrogen and oxygen atoms in total. The fraction of sp³-hybridized carbons (Fsp3) is 0.526. The van der Waals surface area contributed by atoms with Crippen LogP contribution in [0.15, 0.2) is 27.7 Å². The average molecular weight is 437 g/mol. The summed E-state index contributed by atoms with van der Waals surface area (Å²) in [6, 6.07) is 3.43. The van der Waals surface area contributed by atoms with E-state index in [0.29, 0.717) is 50.5 Å². The quantitative estimate of drug-likeness (QED) is 0.782. The first-order valence-corrected chi connectivity index (χ1v) is 12.5. The van der Waals surface area contributed by atoms with E-state index in [9.17, 15) is 18.0 Å². The number of carbonyl (C=O) groups excluding carboxylic acids is 1. The van der Waals surface area contributed by atoms with E-state index in [1.165, 1.54) is 16.6 Å². The van der Waals surface area contributed by atoms with Gasteiger partial charge in [-0.3, -0.25) is 9.59 Å². The van der Waals surface area contributed by atoms with E-state index >= 15 is 0 Å². The Balaban J connectivity index is 1.42. The zero-order valence-corrected chi connectivity index (χ0v) is 17.8. The van der Waals surface area contributed by atoms with Gasteiger partial charge in [0.1, 0.15) is 5.82 Å². The Labute approximate surface area is 173 Å². The van der Waals surface area contributed by atoms with E-state index in [1.54, 1.807) is 11.3 Å². The van der Waals surface area contributed by atoms with Crippen LogP contribution in [0.2, 0.25) is 0 Å². The second-order valence-corrected chi connectivity index (χ2v) is 10.5. The minimum Gasteiger partial charge on any atom is -0.342 e. The number of piperidine rings is 1. The Morgan fingerprint density at radius 1 is 1.24 bits per heavy atom. The van der Waals surface area contributed by atoms with Crippen LogP contribution in [0.5, 0.6) is 0 Å². The smallest absolute Gasteiger partial charge is 0.251 e. The van der Waals surface area contributed by atoms with E-state index in [2.05, 4.69) is 9.97 Å². The summed E-state index contributed by atoms with van der Waals surface area (Å²) in [5.41, 5.74) is 1.39. The van der Waals surface area contributed by atoms with Gasteiger partial charge in [0.2, 0.25) is 15.9 Å². The van der Waals surface area contributed by atoms with Crippen molar-refractivity contribution in [3.63, 3.8) is 0 Å². The number of amides is 1. The molecule has 0 aromatic carbocycles. The largest absolute Gasteiger partial charge is 0.342 e. The monoisotopic (exact) mass is 436 g/mol. The van der Waals surface area contributed by atoms with E-state index in [0.717, 1.165) is 12.0 Å². The van der Waals surface area contributed by atoms with Gasteiger partial charge in [-0.1, -0.05) is 0 Å². The van der Waals surface area contributed by atoms with Crippen LogP contribution in [0.25, 0.3) is 11.3 Å². The number of hydrogen-bond donors (Lipinski definition) is 1. The van der Waals surface area contributed by atoms with Gasteiger partial charge in [-0.15, -0.1) is 0 Å². The lowest BCUT2D eigenvalue weighted by atomic mass is 9.96. The van der Waals surface area contributed by atoms with Crippen molar-refractivity contribution in [2.45, 2.75) is 25.2 Å². The van der Waals surface area contributed by atoms with Crippen LogP contribution >= 0.6 is 11.3 Å². The van der Waals surface area contributed by atoms with Crippen LogP contribution in [0.1, 0.15) is 31.0 Å². The Kier molecular flexibility index (Phi) is 5.58. The van der Waals surface area contributed by atoms with Crippen molar-refractivity contribution >= 4 is 27.3 Å². The lowest BCUT2D eigenvalue weighted by Gasteiger charge is -2.31. The van der Waals surface area contributed by atoms with Crippen molar-refractivity contribution in [1.82, 2.24) is 19.2 Å². The standard InChI is InChI=1S/C19H24N4O4S2/c1-29(26,27)23-7-3-13(4-8-23)19(25)22-6-2-14(11-22)18-20-16(10-17(24)21-18)15-5-9-28-12-15/h5,9-10,12-14H,2-4,6-8,11H2,1H3,(H,20,21,24). The number of aromatic nitrogens is 2. The highest BCUT2D eigenvalue weighted by atomic mass is 32.2. The van der Waals surface area contributed by atoms with E-state index in [4.69, 9.17) is 0 Å². The molecule has 156 valence electrons. The second kappa shape index (κ2) is 8.00. The number of nitrogens with zero attached hydrogens (tertiary/aromatic N) is 3. The molecule has 2 aliphatic rings. The summed E-state index contributed by atoms with van der Waals surface area (Å²) in [5.74, 6) is 0.565. The number of aromatic amines is 1. The van der Waals surface area contributed by atoms with Crippen LogP contribution in [0.4, 0.5) is 0 Å². The van der Waals surface area contributed by atoms with Gasteiger partial charge in [0.05, 0.1) is 11.9 Å². The average Bonchev–Trinajstić information content (AvgIpc) is 3.38. The highest BCUT2D eigenvalue weighted by Crippen LogP contribution is 2.29. The van der Waals surface area contributed by atoms with Crippen LogP contribution in [-0.4, -0.2) is 65.9 Å². The fourth-order valence-electron chi connectivity index (χ4n) is 4.10. The molecule has 0 aliphatic carbocycles. The molecule has 2 aromatic rings. The molecule has 0 radical (unpaired) electrons. The number of H-pyrrole nitrogens is 1. The molecule has 1 N–H and O–H groups in total. The lowest BCUT2D eigenvalue weighted by molar-refractivity contribution is -0.135. The Bertz CT molecular complexity index is 1040. The molecule has 1 atom stereocenters. The summed E-state index contributed by atoms with van der Waals surface area (Å²) in [5, 5.41) is 3.90. The predicted octanol–water partition coefficient (Wildman–Crippen LogP) is 1.49. The molecular weight excluding hydrogens is 412 g/mol. The van der Waals surface area contributed by atoms with Crippen molar-refractivity contribution in [1.29, 1.82) is 0 Å². The number of hydrogen-bond acceptors (Lipinski definition) is 6. The van der Waals surface area contributed by atoms with Crippen LogP contribution < -0.4 is 5.56 Å². The van der Waals surface area contributed by atoms with Crippen molar-refractivity contribution in [3.8, 4) is 11.3 Å². The third-order valence-electron chi connectivity index (χ3n) is 5.74. The van der Waals surface area contributed by atoms with Gasteiger partial charge in [0.25, 0.3) is 5.56 Å². The first-order valence-electron chi connectivity index (χ1n) is 9.69. The zero-order valence-electron chi connectivity index (χ0n) is 16.2. The molecule has 1 unspecified atom stereocenters. The highest BCUT2D eigenvalue weighted by molar-refractivity contribution is 7.88. The number of likely N-dealkylation sites (tertiary alicyclic amines) is 1. The third-order valence-corrected chi connectivity index (χ3v) is 7.72. The van der Waals surface area contributed by atoms with Gasteiger partial charge >= 0.3 is 0 Å². The molecule has 2 aliphatic heterocycles. The Morgan fingerprint density at radius 2 is 2.00 bits per heavy atom. The molecule has 0 bridgehead atoms. The minimum atomic E-state index is -3.20. The summed E-state index contributed by atoms with van der Waals surface area (Å²) in [4.78, 5) is 34.3. The topological polar surface area (TPSA) is 103 Å². The maximum atomic E-state index is 12.9. The number of nitrogens with one attached hydrogen (secondary N) is 1. The first-order chi connectivity index (χ1) is 13.8. The molecule has 2 saturated heterocycles. The molecule has 10 heteroatoms. The van der Waals surface area contributed by atoms with E-state index in [1.807, 2.05) is 21.7 Å². The highest BCUT2D eigenvalue weighted by Gasteiger charge is 2.35. The predicted molar refractivity (Wildman–Crippen MR) is 111 cm³/mol. The van der Waals surface area contributed by atoms with Crippen LogP contribution in [-0.2, 0) is 14.8 Å². The van der Waals surface area contributed by atoms with Gasteiger partial charge in [-0.25, -0.2) is 17.7 Å². The van der Waals surface area contributed by atoms with Gasteiger partial charge in [0, 0.05) is 55.0 Å². The summed E-state index contributed by atoms with van der Waals surface area (Å²) in [6.45, 7) is 1.94. The SMILES string of the molecule is CS(=O)(=O)N1CCC(C(=O)N2CCC(c3nc(-c4ccsc4)cc(=O)[nH]3)C2)CC1. The molecule has 2 aromatic heterocycles. The Hall–Kier alpha value is -2.04. The molecule has 1 amide bonds. The van der Waals surface area contributed by atoms with E-state index in [-0.39, 0.29) is 23.3 Å². The van der Waals surface area contributed by atoms with Gasteiger partial charge < -0.3 is 9.88 Å². The molecule has 2 fully saturated rings. The lowest BCUT2D eigenvalue weighted by Crippen LogP contribution is -2.43. The normalized spacial score (nSPS) is 21.6. The molecule has 29 heavy (non-hydrogen) atoms. The number of thiophene rings is 1. The second-order valence-electron chi connectivity index (χ2n) is 7.73. The van der Waals surface area contributed by atoms with Crippen molar-refractivity contribution in [3.05, 3.63) is 39.1 Å². The van der Waals surface area contributed by atoms with Gasteiger partial charge in [-0.2, -0.15) is 11.3 Å². The zero-order chi connectivity index (χ0) is 20.6. The maximum Gasteiger partial charge on any atom is 0.251 e. The number of carbonyl (C=O) groups is 1. The van der Waals surface area contributed by atoms with Crippen LogP contribution in [0, 0.1) is 5.92 Å². The first kappa shape index (κ1) is 20.2. The summed E-state index contributed by atoms with van der Waals surface area (Å²) < 4.78 is 24.7. The van der Waals surface area contributed by atoms with Crippen molar-refractivity contribution in [2.75, 3.05) is 32.4 Å². The summed E-state index contributed by atoms with van der Waals surface area (Å²) in [6.07, 6.45) is 3.06. The summed E-state index contributed by atoms with van der Waals surface area (Å²) >= 11 is 1.55.